The van der Waals surface area contributed by atoms with Gasteiger partial charge in [0.1, 0.15) is 17.1 Å². The first-order valence-electron chi connectivity index (χ1n) is 13.0. The van der Waals surface area contributed by atoms with E-state index < -0.39 is 0 Å². The molecule has 0 amide bonds. The molecule has 2 fully saturated rings. The second-order valence-electron chi connectivity index (χ2n) is 10.0. The molecule has 1 aromatic carbocycles. The second kappa shape index (κ2) is 10.1. The fourth-order valence-corrected chi connectivity index (χ4v) is 5.42. The predicted molar refractivity (Wildman–Crippen MR) is 141 cm³/mol. The lowest BCUT2D eigenvalue weighted by molar-refractivity contribution is -0.0713. The van der Waals surface area contributed by atoms with Gasteiger partial charge in [0.15, 0.2) is 5.52 Å². The molecule has 0 spiro atoms. The minimum Gasteiger partial charge on any atom is -0.497 e. The van der Waals surface area contributed by atoms with Crippen LogP contribution in [0.4, 0.5) is 0 Å². The van der Waals surface area contributed by atoms with Crippen LogP contribution >= 0.6 is 0 Å². The lowest BCUT2D eigenvalue weighted by atomic mass is 9.97. The molecule has 0 radical (unpaired) electrons. The van der Waals surface area contributed by atoms with Gasteiger partial charge < -0.3 is 14.4 Å². The van der Waals surface area contributed by atoms with Crippen LogP contribution in [-0.4, -0.2) is 68.7 Å². The van der Waals surface area contributed by atoms with Gasteiger partial charge >= 0.3 is 0 Å². The van der Waals surface area contributed by atoms with E-state index in [-0.39, 0.29) is 5.56 Å². The van der Waals surface area contributed by atoms with E-state index in [4.69, 9.17) is 14.5 Å². The van der Waals surface area contributed by atoms with Crippen LogP contribution in [0.25, 0.3) is 28.1 Å². The largest absolute Gasteiger partial charge is 0.497 e. The first kappa shape index (κ1) is 23.8. The van der Waals surface area contributed by atoms with Gasteiger partial charge in [-0.05, 0) is 62.9 Å². The molecule has 1 unspecified atom stereocenters. The molecule has 3 aromatic heterocycles. The van der Waals surface area contributed by atoms with Crippen molar-refractivity contribution in [2.45, 2.75) is 38.8 Å². The molecule has 2 atom stereocenters. The molecule has 4 aromatic rings. The number of hydrogen-bond donors (Lipinski definition) is 0. The number of methoxy groups -OCH3 is 1. The zero-order valence-corrected chi connectivity index (χ0v) is 21.3. The van der Waals surface area contributed by atoms with Crippen molar-refractivity contribution < 1.29 is 9.47 Å². The lowest BCUT2D eigenvalue weighted by Crippen LogP contribution is -2.45. The van der Waals surface area contributed by atoms with Crippen LogP contribution in [0.2, 0.25) is 0 Å². The van der Waals surface area contributed by atoms with Gasteiger partial charge in [-0.1, -0.05) is 6.07 Å². The molecular formula is C28H32N6O3. The topological polar surface area (TPSA) is 87.3 Å². The number of piperidine rings is 1. The highest BCUT2D eigenvalue weighted by Crippen LogP contribution is 2.26. The Morgan fingerprint density at radius 1 is 1.16 bits per heavy atom. The summed E-state index contributed by atoms with van der Waals surface area (Å²) in [6.07, 6.45) is 7.27. The van der Waals surface area contributed by atoms with Crippen LogP contribution in [0, 0.1) is 12.8 Å². The van der Waals surface area contributed by atoms with Gasteiger partial charge in [0.2, 0.25) is 0 Å². The number of likely N-dealkylation sites (tertiary alicyclic amines) is 1. The number of fused-ring (bicyclic) bond motifs is 1. The van der Waals surface area contributed by atoms with Crippen LogP contribution in [-0.2, 0) is 11.3 Å². The molecule has 0 bridgehead atoms. The van der Waals surface area contributed by atoms with Crippen molar-refractivity contribution in [2.75, 3.05) is 33.4 Å². The van der Waals surface area contributed by atoms with Gasteiger partial charge in [-0.15, -0.1) is 0 Å². The summed E-state index contributed by atoms with van der Waals surface area (Å²) >= 11 is 0. The van der Waals surface area contributed by atoms with Crippen molar-refractivity contribution in [1.29, 1.82) is 0 Å². The lowest BCUT2D eigenvalue weighted by Gasteiger charge is -2.37. The van der Waals surface area contributed by atoms with E-state index >= 15 is 0 Å². The number of hydrogen-bond acceptors (Lipinski definition) is 7. The summed E-state index contributed by atoms with van der Waals surface area (Å²) < 4.78 is 14.6. The van der Waals surface area contributed by atoms with Crippen LogP contribution in [0.5, 0.6) is 5.75 Å². The molecule has 9 heteroatoms. The number of pyridine rings is 1. The fourth-order valence-electron chi connectivity index (χ4n) is 5.42. The Labute approximate surface area is 215 Å². The van der Waals surface area contributed by atoms with E-state index in [9.17, 15) is 4.79 Å². The van der Waals surface area contributed by atoms with E-state index in [0.29, 0.717) is 35.4 Å². The first-order chi connectivity index (χ1) is 18.1. The SMILES string of the molecule is COc1cccc(-n2cc3nc(-c4cccnc4C)n(C[C@H]4CCCN(CC5CCO5)C4)c(=O)c3n2)c1. The number of nitrogens with zero attached hydrogens (tertiary/aromatic N) is 6. The van der Waals surface area contributed by atoms with Crippen molar-refractivity contribution in [3.8, 4) is 22.8 Å². The Morgan fingerprint density at radius 3 is 2.84 bits per heavy atom. The van der Waals surface area contributed by atoms with Crippen LogP contribution in [0.3, 0.4) is 0 Å². The summed E-state index contributed by atoms with van der Waals surface area (Å²) in [6, 6.07) is 11.5. The quantitative estimate of drug-likeness (QED) is 0.384. The normalized spacial score (nSPS) is 20.2. The molecule has 0 N–H and O–H groups in total. The zero-order valence-electron chi connectivity index (χ0n) is 21.3. The van der Waals surface area contributed by atoms with Crippen molar-refractivity contribution in [3.05, 3.63) is 64.8 Å². The van der Waals surface area contributed by atoms with E-state index in [0.717, 1.165) is 68.2 Å². The second-order valence-corrected chi connectivity index (χ2v) is 10.0. The molecule has 0 aliphatic carbocycles. The van der Waals surface area contributed by atoms with Crippen molar-refractivity contribution >= 4 is 11.0 Å². The number of rotatable bonds is 7. The van der Waals surface area contributed by atoms with Crippen LogP contribution in [0.1, 0.15) is 25.0 Å². The van der Waals surface area contributed by atoms with Crippen molar-refractivity contribution in [3.63, 3.8) is 0 Å². The summed E-state index contributed by atoms with van der Waals surface area (Å²) in [4.78, 5) is 25.9. The number of aryl methyl sites for hydroxylation is 1. The van der Waals surface area contributed by atoms with E-state index in [2.05, 4.69) is 15.0 Å². The molecule has 2 aliphatic rings. The third-order valence-electron chi connectivity index (χ3n) is 7.49. The molecule has 2 aliphatic heterocycles. The predicted octanol–water partition coefficient (Wildman–Crippen LogP) is 3.46. The van der Waals surface area contributed by atoms with E-state index in [1.807, 2.05) is 54.1 Å². The highest BCUT2D eigenvalue weighted by molar-refractivity contribution is 5.76. The molecular weight excluding hydrogens is 468 g/mol. The average molecular weight is 501 g/mol. The monoisotopic (exact) mass is 500 g/mol. The highest BCUT2D eigenvalue weighted by Gasteiger charge is 2.27. The summed E-state index contributed by atoms with van der Waals surface area (Å²) in [7, 11) is 1.63. The molecule has 2 saturated heterocycles. The maximum atomic E-state index is 14.0. The number of ether oxygens (including phenoxy) is 2. The minimum absolute atomic E-state index is 0.121. The van der Waals surface area contributed by atoms with Gasteiger partial charge in [0.25, 0.3) is 5.56 Å². The summed E-state index contributed by atoms with van der Waals surface area (Å²) in [6.45, 7) is 6.44. The van der Waals surface area contributed by atoms with Gasteiger partial charge in [-0.25, -0.2) is 9.67 Å². The smallest absolute Gasteiger partial charge is 0.282 e. The van der Waals surface area contributed by atoms with Crippen molar-refractivity contribution in [2.24, 2.45) is 5.92 Å². The Hall–Kier alpha value is -3.56. The molecule has 37 heavy (non-hydrogen) atoms. The average Bonchev–Trinajstić information content (AvgIpc) is 3.33. The molecule has 192 valence electrons. The maximum Gasteiger partial charge on any atom is 0.282 e. The third-order valence-corrected chi connectivity index (χ3v) is 7.49. The van der Waals surface area contributed by atoms with Crippen molar-refractivity contribution in [1.82, 2.24) is 29.2 Å². The van der Waals surface area contributed by atoms with Crippen LogP contribution < -0.4 is 10.3 Å². The Morgan fingerprint density at radius 2 is 2.05 bits per heavy atom. The maximum absolute atomic E-state index is 14.0. The van der Waals surface area contributed by atoms with E-state index in [1.165, 1.54) is 0 Å². The summed E-state index contributed by atoms with van der Waals surface area (Å²) in [5.74, 6) is 1.72. The van der Waals surface area contributed by atoms with Crippen LogP contribution in [0.15, 0.2) is 53.6 Å². The molecule has 9 nitrogen and oxygen atoms in total. The summed E-state index contributed by atoms with van der Waals surface area (Å²) in [5, 5.41) is 4.66. The van der Waals surface area contributed by atoms with Gasteiger partial charge in [-0.3, -0.25) is 14.3 Å². The van der Waals surface area contributed by atoms with Gasteiger partial charge in [0.05, 0.1) is 25.1 Å². The number of benzene rings is 1. The fraction of sp³-hybridized carbons (Fsp3) is 0.429. The van der Waals surface area contributed by atoms with Gasteiger partial charge in [0, 0.05) is 49.8 Å². The summed E-state index contributed by atoms with van der Waals surface area (Å²) in [5.41, 5.74) is 3.33. The number of aromatic nitrogens is 5. The first-order valence-corrected chi connectivity index (χ1v) is 13.0. The molecule has 0 saturated carbocycles. The minimum atomic E-state index is -0.121. The molecule has 6 rings (SSSR count). The highest BCUT2D eigenvalue weighted by atomic mass is 16.5. The Bertz CT molecular complexity index is 1470. The van der Waals surface area contributed by atoms with Gasteiger partial charge in [-0.2, -0.15) is 5.10 Å². The molecule has 5 heterocycles. The Balaban J connectivity index is 1.40. The zero-order chi connectivity index (χ0) is 25.4. The third kappa shape index (κ3) is 4.76. The standard InChI is InChI=1S/C28H32N6O3/c1-19-24(9-4-11-29-19)27-30-25-18-34(21-7-3-8-22(14-21)36-2)31-26(25)28(35)33(27)16-20-6-5-12-32(15-20)17-23-10-13-37-23/h3-4,7-9,11,14,18,20,23H,5-6,10,12-13,15-17H2,1-2H3/t20-,23?/m0/s1. The Kier molecular flexibility index (Phi) is 6.48. The van der Waals surface area contributed by atoms with E-state index in [1.54, 1.807) is 18.0 Å².